The number of nitrogens with one attached hydrogen (secondary N) is 1. The summed E-state index contributed by atoms with van der Waals surface area (Å²) in [6, 6.07) is 21.8. The van der Waals surface area contributed by atoms with E-state index in [1.807, 2.05) is 6.07 Å². The number of rotatable bonds is 10. The van der Waals surface area contributed by atoms with Crippen LogP contribution in [0, 0.1) is 0 Å². The smallest absolute Gasteiger partial charge is 0.339 e. The number of carboxylic acids is 1. The maximum Gasteiger partial charge on any atom is 0.339 e. The fraction of sp³-hybridized carbons (Fsp3) is 0.333. The van der Waals surface area contributed by atoms with Gasteiger partial charge >= 0.3 is 5.97 Å². The quantitative estimate of drug-likeness (QED) is 0.411. The molecule has 2 N–H and O–H groups in total. The summed E-state index contributed by atoms with van der Waals surface area (Å²) in [5, 5.41) is 12.4. The highest BCUT2D eigenvalue weighted by Crippen LogP contribution is 2.27. The number of benzene rings is 3. The summed E-state index contributed by atoms with van der Waals surface area (Å²) in [5.41, 5.74) is 5.67. The van der Waals surface area contributed by atoms with E-state index in [1.54, 1.807) is 19.1 Å². The van der Waals surface area contributed by atoms with Gasteiger partial charge < -0.3 is 20.1 Å². The first-order valence-corrected chi connectivity index (χ1v) is 12.7. The molecule has 0 radical (unpaired) electrons. The molecule has 0 bridgehead atoms. The third-order valence-electron chi connectivity index (χ3n) is 6.51. The number of hydrogen-bond acceptors (Lipinski definition) is 4. The van der Waals surface area contributed by atoms with Crippen LogP contribution in [0.1, 0.15) is 58.8 Å². The molecule has 3 aromatic carbocycles. The van der Waals surface area contributed by atoms with E-state index in [4.69, 9.17) is 4.74 Å². The summed E-state index contributed by atoms with van der Waals surface area (Å²) in [6.45, 7) is 4.67. The Labute approximate surface area is 212 Å². The molecule has 1 aliphatic rings. The van der Waals surface area contributed by atoms with Crippen LogP contribution in [0.25, 0.3) is 0 Å². The van der Waals surface area contributed by atoms with Crippen LogP contribution in [-0.2, 0) is 24.2 Å². The van der Waals surface area contributed by atoms with E-state index in [0.29, 0.717) is 13.2 Å². The predicted molar refractivity (Wildman–Crippen MR) is 142 cm³/mol. The third kappa shape index (κ3) is 6.66. The van der Waals surface area contributed by atoms with Crippen LogP contribution < -0.4 is 15.0 Å². The molecule has 1 heterocycles. The number of carbonyl (C=O) groups is 2. The van der Waals surface area contributed by atoms with Crippen molar-refractivity contribution in [3.63, 3.8) is 0 Å². The fourth-order valence-corrected chi connectivity index (χ4v) is 4.70. The Morgan fingerprint density at radius 3 is 2.39 bits per heavy atom. The van der Waals surface area contributed by atoms with Crippen LogP contribution in [0.5, 0.6) is 5.75 Å². The molecule has 0 spiro atoms. The molecular formula is C30H34N2O4. The van der Waals surface area contributed by atoms with Gasteiger partial charge in [0.05, 0.1) is 13.0 Å². The Morgan fingerprint density at radius 1 is 0.917 bits per heavy atom. The Bertz CT molecular complexity index is 1190. The monoisotopic (exact) mass is 486 g/mol. The van der Waals surface area contributed by atoms with Crippen molar-refractivity contribution >= 4 is 17.6 Å². The zero-order valence-corrected chi connectivity index (χ0v) is 20.8. The first-order chi connectivity index (χ1) is 17.5. The van der Waals surface area contributed by atoms with Crippen molar-refractivity contribution in [1.82, 2.24) is 5.32 Å². The largest absolute Gasteiger partial charge is 0.493 e. The molecule has 1 aliphatic heterocycles. The molecule has 1 amide bonds. The summed E-state index contributed by atoms with van der Waals surface area (Å²) >= 11 is 0. The van der Waals surface area contributed by atoms with Gasteiger partial charge in [-0.3, -0.25) is 4.79 Å². The van der Waals surface area contributed by atoms with Crippen LogP contribution in [0.2, 0.25) is 0 Å². The molecule has 188 valence electrons. The highest BCUT2D eigenvalue weighted by atomic mass is 16.5. The molecule has 0 aromatic heterocycles. The average molecular weight is 487 g/mol. The molecule has 3 aromatic rings. The van der Waals surface area contributed by atoms with Gasteiger partial charge in [0.1, 0.15) is 11.3 Å². The lowest BCUT2D eigenvalue weighted by Gasteiger charge is -2.31. The van der Waals surface area contributed by atoms with Crippen molar-refractivity contribution in [2.24, 2.45) is 0 Å². The standard InChI is InChI=1S/C30H34N2O4/c1-2-36-28-19-24(12-14-26(28)30(34)35)20-29(33)31-21-25-13-11-23(17-22-9-5-3-6-10-22)18-27(25)32-15-7-4-8-16-32/h3,5-6,9-14,18-19H,2,4,7-8,15-17,20-21H2,1H3,(H,31,33)(H,34,35). The predicted octanol–water partition coefficient (Wildman–Crippen LogP) is 5.22. The van der Waals surface area contributed by atoms with E-state index in [-0.39, 0.29) is 23.6 Å². The summed E-state index contributed by atoms with van der Waals surface area (Å²) < 4.78 is 5.47. The van der Waals surface area contributed by atoms with Gasteiger partial charge in [-0.15, -0.1) is 0 Å². The SMILES string of the molecule is CCOc1cc(CC(=O)NCc2ccc(Cc3ccccc3)cc2N2CCCCC2)ccc1C(=O)O. The summed E-state index contributed by atoms with van der Waals surface area (Å²) in [6.07, 6.45) is 4.66. The first-order valence-electron chi connectivity index (χ1n) is 12.7. The number of nitrogens with zero attached hydrogens (tertiary/aromatic N) is 1. The third-order valence-corrected chi connectivity index (χ3v) is 6.51. The van der Waals surface area contributed by atoms with Crippen molar-refractivity contribution in [1.29, 1.82) is 0 Å². The second-order valence-electron chi connectivity index (χ2n) is 9.20. The van der Waals surface area contributed by atoms with Gasteiger partial charge in [-0.2, -0.15) is 0 Å². The lowest BCUT2D eigenvalue weighted by Crippen LogP contribution is -2.32. The van der Waals surface area contributed by atoms with Crippen molar-refractivity contribution < 1.29 is 19.4 Å². The van der Waals surface area contributed by atoms with Crippen molar-refractivity contribution in [3.05, 3.63) is 94.5 Å². The van der Waals surface area contributed by atoms with Gasteiger partial charge in [0, 0.05) is 25.3 Å². The molecule has 36 heavy (non-hydrogen) atoms. The normalized spacial score (nSPS) is 13.3. The molecule has 0 saturated carbocycles. The maximum absolute atomic E-state index is 12.8. The van der Waals surface area contributed by atoms with E-state index in [2.05, 4.69) is 52.7 Å². The molecule has 0 atom stereocenters. The number of anilines is 1. The highest BCUT2D eigenvalue weighted by molar-refractivity contribution is 5.91. The van der Waals surface area contributed by atoms with E-state index in [0.717, 1.165) is 30.6 Å². The molecule has 1 fully saturated rings. The number of carboxylic acid groups (broad SMARTS) is 1. The van der Waals surface area contributed by atoms with E-state index in [1.165, 1.54) is 42.1 Å². The number of carbonyl (C=O) groups excluding carboxylic acids is 1. The highest BCUT2D eigenvalue weighted by Gasteiger charge is 2.17. The van der Waals surface area contributed by atoms with Crippen molar-refractivity contribution in [2.45, 2.75) is 45.6 Å². The van der Waals surface area contributed by atoms with Gasteiger partial charge in [-0.25, -0.2) is 4.79 Å². The molecular weight excluding hydrogens is 452 g/mol. The Kier molecular flexibility index (Phi) is 8.61. The summed E-state index contributed by atoms with van der Waals surface area (Å²) in [5.74, 6) is -0.870. The topological polar surface area (TPSA) is 78.9 Å². The lowest BCUT2D eigenvalue weighted by molar-refractivity contribution is -0.120. The molecule has 6 nitrogen and oxygen atoms in total. The van der Waals surface area contributed by atoms with E-state index >= 15 is 0 Å². The number of ether oxygens (including phenoxy) is 1. The zero-order valence-electron chi connectivity index (χ0n) is 20.8. The number of piperidine rings is 1. The molecule has 4 rings (SSSR count). The molecule has 1 saturated heterocycles. The van der Waals surface area contributed by atoms with Gasteiger partial charge in [0.15, 0.2) is 0 Å². The Balaban J connectivity index is 1.46. The molecule has 6 heteroatoms. The van der Waals surface area contributed by atoms with Crippen molar-refractivity contribution in [2.75, 3.05) is 24.6 Å². The van der Waals surface area contributed by atoms with E-state index in [9.17, 15) is 14.7 Å². The van der Waals surface area contributed by atoms with Crippen LogP contribution in [0.15, 0.2) is 66.7 Å². The summed E-state index contributed by atoms with van der Waals surface area (Å²) in [7, 11) is 0. The Morgan fingerprint density at radius 2 is 1.67 bits per heavy atom. The minimum Gasteiger partial charge on any atom is -0.493 e. The van der Waals surface area contributed by atoms with Crippen LogP contribution in [0.4, 0.5) is 5.69 Å². The van der Waals surface area contributed by atoms with E-state index < -0.39 is 5.97 Å². The van der Waals surface area contributed by atoms with Gasteiger partial charge in [-0.1, -0.05) is 48.5 Å². The second-order valence-corrected chi connectivity index (χ2v) is 9.20. The van der Waals surface area contributed by atoms with Crippen LogP contribution >= 0.6 is 0 Å². The number of amides is 1. The zero-order chi connectivity index (χ0) is 25.3. The number of hydrogen-bond donors (Lipinski definition) is 2. The maximum atomic E-state index is 12.8. The van der Waals surface area contributed by atoms with Gasteiger partial charge in [0.25, 0.3) is 0 Å². The minimum atomic E-state index is -1.05. The lowest BCUT2D eigenvalue weighted by atomic mass is 10.00. The summed E-state index contributed by atoms with van der Waals surface area (Å²) in [4.78, 5) is 26.6. The molecule has 0 aliphatic carbocycles. The van der Waals surface area contributed by atoms with Gasteiger partial charge in [-0.05, 0) is 73.1 Å². The number of aromatic carboxylic acids is 1. The fourth-order valence-electron chi connectivity index (χ4n) is 4.70. The average Bonchev–Trinajstić information content (AvgIpc) is 2.89. The molecule has 0 unspecified atom stereocenters. The van der Waals surface area contributed by atoms with Crippen molar-refractivity contribution in [3.8, 4) is 5.75 Å². The van der Waals surface area contributed by atoms with Gasteiger partial charge in [0.2, 0.25) is 5.91 Å². The minimum absolute atomic E-state index is 0.0998. The first kappa shape index (κ1) is 25.3. The second kappa shape index (κ2) is 12.2. The van der Waals surface area contributed by atoms with Crippen LogP contribution in [0.3, 0.4) is 0 Å². The Hall–Kier alpha value is -3.80. The van der Waals surface area contributed by atoms with Crippen LogP contribution in [-0.4, -0.2) is 36.7 Å².